The Morgan fingerprint density at radius 2 is 2.22 bits per heavy atom. The highest BCUT2D eigenvalue weighted by molar-refractivity contribution is 7.99. The molecule has 0 spiro atoms. The van der Waals surface area contributed by atoms with Gasteiger partial charge in [-0.2, -0.15) is 5.26 Å². The van der Waals surface area contributed by atoms with E-state index in [0.29, 0.717) is 11.2 Å². The van der Waals surface area contributed by atoms with Crippen LogP contribution in [-0.4, -0.2) is 20.5 Å². The molecule has 0 amide bonds. The van der Waals surface area contributed by atoms with Crippen molar-refractivity contribution in [2.75, 3.05) is 5.75 Å². The van der Waals surface area contributed by atoms with Gasteiger partial charge in [0.25, 0.3) is 0 Å². The average molecular weight is 347 g/mol. The molecule has 0 aromatic carbocycles. The highest BCUT2D eigenvalue weighted by atomic mass is 32.2. The van der Waals surface area contributed by atoms with E-state index < -0.39 is 0 Å². The van der Waals surface area contributed by atoms with Crippen LogP contribution in [0.5, 0.6) is 0 Å². The van der Waals surface area contributed by atoms with Gasteiger partial charge in [0.2, 0.25) is 0 Å². The van der Waals surface area contributed by atoms with Crippen LogP contribution in [-0.2, 0) is 19.9 Å². The lowest BCUT2D eigenvalue weighted by Crippen LogP contribution is -2.26. The van der Waals surface area contributed by atoms with Gasteiger partial charge in [0.1, 0.15) is 0 Å². The molecule has 1 aliphatic rings. The van der Waals surface area contributed by atoms with Crippen LogP contribution in [0.2, 0.25) is 0 Å². The van der Waals surface area contributed by atoms with Crippen molar-refractivity contribution >= 4 is 23.1 Å². The maximum absolute atomic E-state index is 8.72. The number of hydrogen-bond donors (Lipinski definition) is 0. The third-order valence-electron chi connectivity index (χ3n) is 4.63. The van der Waals surface area contributed by atoms with Crippen molar-refractivity contribution in [1.82, 2.24) is 14.8 Å². The molecule has 0 bridgehead atoms. The lowest BCUT2D eigenvalue weighted by Gasteiger charge is -2.33. The Hall–Kier alpha value is -1.32. The lowest BCUT2D eigenvalue weighted by molar-refractivity contribution is 0.217. The van der Waals surface area contributed by atoms with Gasteiger partial charge in [-0.15, -0.1) is 21.5 Å². The van der Waals surface area contributed by atoms with Gasteiger partial charge in [0, 0.05) is 11.9 Å². The first kappa shape index (κ1) is 16.5. The fraction of sp³-hybridized carbons (Fsp3) is 0.588. The van der Waals surface area contributed by atoms with Gasteiger partial charge in [0.15, 0.2) is 11.0 Å². The van der Waals surface area contributed by atoms with E-state index in [0.717, 1.165) is 16.9 Å². The molecule has 0 aliphatic heterocycles. The Balaban J connectivity index is 1.86. The van der Waals surface area contributed by atoms with Crippen molar-refractivity contribution in [3.05, 3.63) is 16.5 Å². The molecule has 4 nitrogen and oxygen atoms in total. The van der Waals surface area contributed by atoms with E-state index in [1.807, 2.05) is 23.0 Å². The highest BCUT2D eigenvalue weighted by Crippen LogP contribution is 2.42. The maximum atomic E-state index is 8.72. The van der Waals surface area contributed by atoms with Crippen LogP contribution in [0.3, 0.4) is 0 Å². The summed E-state index contributed by atoms with van der Waals surface area (Å²) >= 11 is 3.29. The molecule has 0 N–H and O–H groups in total. The molecule has 6 heteroatoms. The molecule has 2 aromatic rings. The molecule has 0 unspecified atom stereocenters. The molecular weight excluding hydrogens is 324 g/mol. The molecule has 3 rings (SSSR count). The number of nitriles is 1. The quantitative estimate of drug-likeness (QED) is 0.777. The first-order valence-corrected chi connectivity index (χ1v) is 9.71. The second-order valence-corrected chi connectivity index (χ2v) is 9.26. The van der Waals surface area contributed by atoms with E-state index in [4.69, 9.17) is 5.26 Å². The maximum Gasteiger partial charge on any atom is 0.192 e. The summed E-state index contributed by atoms with van der Waals surface area (Å²) in [4.78, 5) is 2.71. The summed E-state index contributed by atoms with van der Waals surface area (Å²) in [6, 6.07) is 4.44. The number of thioether (sulfide) groups is 1. The molecule has 0 fully saturated rings. The van der Waals surface area contributed by atoms with Gasteiger partial charge < -0.3 is 4.57 Å². The Kier molecular flexibility index (Phi) is 4.52. The molecular formula is C17H22N4S2. The van der Waals surface area contributed by atoms with Crippen molar-refractivity contribution in [1.29, 1.82) is 5.26 Å². The van der Waals surface area contributed by atoms with E-state index in [1.54, 1.807) is 0 Å². The minimum absolute atomic E-state index is 0.367. The molecule has 1 atom stereocenters. The smallest absolute Gasteiger partial charge is 0.192 e. The van der Waals surface area contributed by atoms with Crippen LogP contribution in [0, 0.1) is 22.7 Å². The van der Waals surface area contributed by atoms with E-state index in [2.05, 4.69) is 43.1 Å². The van der Waals surface area contributed by atoms with Crippen LogP contribution in [0.4, 0.5) is 0 Å². The average Bonchev–Trinajstić information content (AvgIpc) is 3.06. The van der Waals surface area contributed by atoms with Gasteiger partial charge in [-0.3, -0.25) is 0 Å². The largest absolute Gasteiger partial charge is 0.304 e. The zero-order valence-electron chi connectivity index (χ0n) is 14.1. The first-order chi connectivity index (χ1) is 10.9. The third-order valence-corrected chi connectivity index (χ3v) is 6.75. The zero-order chi connectivity index (χ0) is 16.6. The summed E-state index contributed by atoms with van der Waals surface area (Å²) in [5, 5.41) is 18.1. The second-order valence-electron chi connectivity index (χ2n) is 7.18. The van der Waals surface area contributed by atoms with Crippen LogP contribution < -0.4 is 0 Å². The Morgan fingerprint density at radius 1 is 1.43 bits per heavy atom. The second kappa shape index (κ2) is 6.29. The van der Waals surface area contributed by atoms with E-state index in [9.17, 15) is 0 Å². The van der Waals surface area contributed by atoms with E-state index in [1.165, 1.54) is 46.3 Å². The molecule has 23 heavy (non-hydrogen) atoms. The van der Waals surface area contributed by atoms with Crippen molar-refractivity contribution in [2.24, 2.45) is 18.4 Å². The van der Waals surface area contributed by atoms with Crippen LogP contribution in [0.1, 0.15) is 37.6 Å². The summed E-state index contributed by atoms with van der Waals surface area (Å²) in [6.45, 7) is 7.03. The Bertz CT molecular complexity index is 746. The molecule has 0 saturated heterocycles. The topological polar surface area (TPSA) is 54.5 Å². The summed E-state index contributed by atoms with van der Waals surface area (Å²) < 4.78 is 2.00. The fourth-order valence-corrected chi connectivity index (χ4v) is 4.93. The Morgan fingerprint density at radius 3 is 2.91 bits per heavy atom. The van der Waals surface area contributed by atoms with Crippen molar-refractivity contribution < 1.29 is 0 Å². The summed E-state index contributed by atoms with van der Waals surface area (Å²) in [5.41, 5.74) is 1.86. The predicted molar refractivity (Wildman–Crippen MR) is 95.6 cm³/mol. The summed E-state index contributed by atoms with van der Waals surface area (Å²) in [6.07, 6.45) is 3.62. The third kappa shape index (κ3) is 3.31. The zero-order valence-corrected chi connectivity index (χ0v) is 15.7. The van der Waals surface area contributed by atoms with Crippen LogP contribution in [0.25, 0.3) is 10.7 Å². The standard InChI is InChI=1S/C17H22N4S2/c1-17(2,3)12-5-6-13-11(9-12)10-14(23-13)15-19-20-16(21(15)4)22-8-7-18/h10,12H,5-6,8-9H2,1-4H3/t12-/m0/s1. The minimum atomic E-state index is 0.367. The molecule has 2 heterocycles. The van der Waals surface area contributed by atoms with E-state index in [-0.39, 0.29) is 0 Å². The van der Waals surface area contributed by atoms with Crippen LogP contribution >= 0.6 is 23.1 Å². The normalized spacial score (nSPS) is 17.8. The van der Waals surface area contributed by atoms with E-state index >= 15 is 0 Å². The predicted octanol–water partition coefficient (Wildman–Crippen LogP) is 4.31. The fourth-order valence-electron chi connectivity index (χ4n) is 3.13. The number of thiophene rings is 1. The van der Waals surface area contributed by atoms with Crippen LogP contribution in [0.15, 0.2) is 11.2 Å². The van der Waals surface area contributed by atoms with Gasteiger partial charge in [-0.25, -0.2) is 0 Å². The molecule has 2 aromatic heterocycles. The lowest BCUT2D eigenvalue weighted by atomic mass is 9.72. The van der Waals surface area contributed by atoms with Gasteiger partial charge in [-0.05, 0) is 42.2 Å². The van der Waals surface area contributed by atoms with Gasteiger partial charge >= 0.3 is 0 Å². The number of rotatable bonds is 3. The van der Waals surface area contributed by atoms with Gasteiger partial charge in [0.05, 0.1) is 16.7 Å². The van der Waals surface area contributed by atoms with Crippen molar-refractivity contribution in [3.8, 4) is 16.8 Å². The molecule has 122 valence electrons. The molecule has 0 radical (unpaired) electrons. The first-order valence-electron chi connectivity index (χ1n) is 7.91. The van der Waals surface area contributed by atoms with Crippen molar-refractivity contribution in [2.45, 2.75) is 45.2 Å². The van der Waals surface area contributed by atoms with Gasteiger partial charge in [-0.1, -0.05) is 32.5 Å². The molecule has 0 saturated carbocycles. The highest BCUT2D eigenvalue weighted by Gasteiger charge is 2.30. The summed E-state index contributed by atoms with van der Waals surface area (Å²) in [7, 11) is 1.98. The number of aryl methyl sites for hydroxylation is 1. The monoisotopic (exact) mass is 346 g/mol. The summed E-state index contributed by atoms with van der Waals surface area (Å²) in [5.74, 6) is 2.07. The number of nitrogens with zero attached hydrogens (tertiary/aromatic N) is 4. The SMILES string of the molecule is Cn1c(SCC#N)nnc1-c1cc2c(s1)CC[C@H](C(C)(C)C)C2. The number of aromatic nitrogens is 3. The number of hydrogen-bond acceptors (Lipinski definition) is 5. The molecule has 1 aliphatic carbocycles. The number of fused-ring (bicyclic) bond motifs is 1. The van der Waals surface area contributed by atoms with Crippen molar-refractivity contribution in [3.63, 3.8) is 0 Å². The minimum Gasteiger partial charge on any atom is -0.304 e. The Labute approximate surface area is 145 Å².